The molecule has 3 aromatic rings. The van der Waals surface area contributed by atoms with Crippen LogP contribution in [0.15, 0.2) is 48.7 Å². The molecule has 0 N–H and O–H groups in total. The van der Waals surface area contributed by atoms with Crippen LogP contribution < -0.4 is 0 Å². The van der Waals surface area contributed by atoms with Crippen molar-refractivity contribution in [2.75, 3.05) is 13.2 Å². The van der Waals surface area contributed by atoms with Crippen molar-refractivity contribution in [3.8, 4) is 5.69 Å². The molecule has 152 valence electrons. The lowest BCUT2D eigenvalue weighted by Gasteiger charge is -2.25. The van der Waals surface area contributed by atoms with Crippen LogP contribution in [0, 0.1) is 19.7 Å². The normalized spacial score (nSPS) is 16.6. The van der Waals surface area contributed by atoms with Gasteiger partial charge >= 0.3 is 0 Å². The van der Waals surface area contributed by atoms with Crippen LogP contribution in [0.2, 0.25) is 0 Å². The molecule has 0 aliphatic carbocycles. The number of aryl methyl sites for hydroxylation is 1. The first-order chi connectivity index (χ1) is 14.1. The SMILES string of the molecule is Cc1nn(-c2ccc(F)cc2)c(C)c1CN(Cc1ccccn1)C[C@@H]1CCCO1. The van der Waals surface area contributed by atoms with Crippen LogP contribution in [0.1, 0.15) is 35.5 Å². The van der Waals surface area contributed by atoms with Gasteiger partial charge in [0, 0.05) is 43.7 Å². The first kappa shape index (κ1) is 19.7. The van der Waals surface area contributed by atoms with E-state index in [0.717, 1.165) is 61.9 Å². The maximum atomic E-state index is 13.3. The fraction of sp³-hybridized carbons (Fsp3) is 0.391. The standard InChI is InChI=1S/C23H27FN4O/c1-17-23(18(2)28(26-17)21-10-8-19(24)9-11-21)16-27(15-22-7-5-13-29-22)14-20-6-3-4-12-25-20/h3-4,6,8-12,22H,5,7,13-16H2,1-2H3/t22-/m0/s1. The lowest BCUT2D eigenvalue weighted by molar-refractivity contribution is 0.0673. The zero-order chi connectivity index (χ0) is 20.2. The van der Waals surface area contributed by atoms with Crippen LogP contribution >= 0.6 is 0 Å². The zero-order valence-corrected chi connectivity index (χ0v) is 17.0. The van der Waals surface area contributed by atoms with Gasteiger partial charge in [-0.05, 0) is 63.1 Å². The summed E-state index contributed by atoms with van der Waals surface area (Å²) in [5.74, 6) is -0.242. The van der Waals surface area contributed by atoms with E-state index in [0.29, 0.717) is 0 Å². The summed E-state index contributed by atoms with van der Waals surface area (Å²) in [6.45, 7) is 7.37. The van der Waals surface area contributed by atoms with E-state index in [2.05, 4.69) is 22.9 Å². The Hall–Kier alpha value is -2.57. The zero-order valence-electron chi connectivity index (χ0n) is 17.0. The minimum atomic E-state index is -0.242. The molecule has 2 aromatic heterocycles. The highest BCUT2D eigenvalue weighted by Crippen LogP contribution is 2.22. The van der Waals surface area contributed by atoms with E-state index in [9.17, 15) is 4.39 Å². The van der Waals surface area contributed by atoms with E-state index in [1.165, 1.54) is 17.7 Å². The first-order valence-corrected chi connectivity index (χ1v) is 10.1. The molecule has 6 heteroatoms. The Kier molecular flexibility index (Phi) is 6.02. The van der Waals surface area contributed by atoms with Gasteiger partial charge in [-0.25, -0.2) is 9.07 Å². The maximum Gasteiger partial charge on any atom is 0.123 e. The number of halogens is 1. The number of hydrogen-bond acceptors (Lipinski definition) is 4. The summed E-state index contributed by atoms with van der Waals surface area (Å²) in [6, 6.07) is 12.5. The number of rotatable bonds is 7. The minimum Gasteiger partial charge on any atom is -0.377 e. The van der Waals surface area contributed by atoms with Gasteiger partial charge in [-0.15, -0.1) is 0 Å². The van der Waals surface area contributed by atoms with Gasteiger partial charge in [0.1, 0.15) is 5.82 Å². The number of hydrogen-bond donors (Lipinski definition) is 0. The van der Waals surface area contributed by atoms with Gasteiger partial charge in [-0.1, -0.05) is 6.07 Å². The minimum absolute atomic E-state index is 0.242. The van der Waals surface area contributed by atoms with Crippen molar-refractivity contribution in [3.05, 3.63) is 77.1 Å². The lowest BCUT2D eigenvalue weighted by atomic mass is 10.1. The molecule has 1 atom stereocenters. The van der Waals surface area contributed by atoms with Crippen molar-refractivity contribution in [2.24, 2.45) is 0 Å². The van der Waals surface area contributed by atoms with Gasteiger partial charge in [-0.3, -0.25) is 9.88 Å². The summed E-state index contributed by atoms with van der Waals surface area (Å²) < 4.78 is 21.1. The number of pyridine rings is 1. The molecular formula is C23H27FN4O. The second-order valence-corrected chi connectivity index (χ2v) is 7.66. The lowest BCUT2D eigenvalue weighted by Crippen LogP contribution is -2.32. The van der Waals surface area contributed by atoms with Crippen molar-refractivity contribution < 1.29 is 9.13 Å². The molecule has 4 rings (SSSR count). The van der Waals surface area contributed by atoms with Crippen molar-refractivity contribution in [3.63, 3.8) is 0 Å². The molecule has 3 heterocycles. The molecule has 0 spiro atoms. The van der Waals surface area contributed by atoms with E-state index in [1.54, 1.807) is 12.1 Å². The Morgan fingerprint density at radius 1 is 1.14 bits per heavy atom. The molecule has 0 amide bonds. The van der Waals surface area contributed by atoms with E-state index in [-0.39, 0.29) is 11.9 Å². The highest BCUT2D eigenvalue weighted by Gasteiger charge is 2.22. The Labute approximate surface area is 171 Å². The molecule has 0 bridgehead atoms. The van der Waals surface area contributed by atoms with Crippen LogP contribution in [0.4, 0.5) is 4.39 Å². The summed E-state index contributed by atoms with van der Waals surface area (Å²) >= 11 is 0. The predicted molar refractivity (Wildman–Crippen MR) is 110 cm³/mol. The quantitative estimate of drug-likeness (QED) is 0.602. The molecule has 1 aliphatic rings. The summed E-state index contributed by atoms with van der Waals surface area (Å²) in [6.07, 6.45) is 4.34. The molecule has 1 fully saturated rings. The van der Waals surface area contributed by atoms with Gasteiger partial charge in [0.05, 0.1) is 23.2 Å². The third-order valence-electron chi connectivity index (χ3n) is 5.49. The van der Waals surface area contributed by atoms with Crippen molar-refractivity contribution in [2.45, 2.75) is 45.9 Å². The molecule has 29 heavy (non-hydrogen) atoms. The summed E-state index contributed by atoms with van der Waals surface area (Å²) in [5.41, 5.74) is 5.18. The average Bonchev–Trinajstić information content (AvgIpc) is 3.33. The van der Waals surface area contributed by atoms with E-state index in [1.807, 2.05) is 29.9 Å². The Morgan fingerprint density at radius 2 is 1.97 bits per heavy atom. The van der Waals surface area contributed by atoms with Gasteiger partial charge in [0.2, 0.25) is 0 Å². The molecule has 1 aliphatic heterocycles. The molecule has 0 saturated carbocycles. The number of aromatic nitrogens is 3. The van der Waals surface area contributed by atoms with Crippen LogP contribution in [-0.4, -0.2) is 38.9 Å². The van der Waals surface area contributed by atoms with Gasteiger partial charge < -0.3 is 4.74 Å². The van der Waals surface area contributed by atoms with Crippen LogP contribution in [0.3, 0.4) is 0 Å². The Balaban J connectivity index is 1.58. The Bertz CT molecular complexity index is 934. The van der Waals surface area contributed by atoms with Crippen molar-refractivity contribution in [1.82, 2.24) is 19.7 Å². The second kappa shape index (κ2) is 8.84. The highest BCUT2D eigenvalue weighted by atomic mass is 19.1. The van der Waals surface area contributed by atoms with Crippen LogP contribution in [0.25, 0.3) is 5.69 Å². The fourth-order valence-electron chi connectivity index (χ4n) is 3.94. The summed E-state index contributed by atoms with van der Waals surface area (Å²) in [7, 11) is 0. The van der Waals surface area contributed by atoms with Gasteiger partial charge in [0.25, 0.3) is 0 Å². The average molecular weight is 394 g/mol. The van der Waals surface area contributed by atoms with E-state index < -0.39 is 0 Å². The molecule has 0 radical (unpaired) electrons. The number of benzene rings is 1. The monoisotopic (exact) mass is 394 g/mol. The molecule has 0 unspecified atom stereocenters. The summed E-state index contributed by atoms with van der Waals surface area (Å²) in [4.78, 5) is 6.89. The van der Waals surface area contributed by atoms with Crippen molar-refractivity contribution >= 4 is 0 Å². The van der Waals surface area contributed by atoms with Crippen molar-refractivity contribution in [1.29, 1.82) is 0 Å². The van der Waals surface area contributed by atoms with Gasteiger partial charge in [0.15, 0.2) is 0 Å². The van der Waals surface area contributed by atoms with E-state index >= 15 is 0 Å². The Morgan fingerprint density at radius 3 is 2.66 bits per heavy atom. The predicted octanol–water partition coefficient (Wildman–Crippen LogP) is 4.20. The smallest absolute Gasteiger partial charge is 0.123 e. The topological polar surface area (TPSA) is 43.2 Å². The second-order valence-electron chi connectivity index (χ2n) is 7.66. The summed E-state index contributed by atoms with van der Waals surface area (Å²) in [5, 5.41) is 4.72. The third kappa shape index (κ3) is 4.71. The largest absolute Gasteiger partial charge is 0.377 e. The third-order valence-corrected chi connectivity index (χ3v) is 5.49. The molecule has 1 saturated heterocycles. The first-order valence-electron chi connectivity index (χ1n) is 10.1. The van der Waals surface area contributed by atoms with Crippen LogP contribution in [0.5, 0.6) is 0 Å². The molecule has 5 nitrogen and oxygen atoms in total. The van der Waals surface area contributed by atoms with E-state index in [4.69, 9.17) is 9.84 Å². The van der Waals surface area contributed by atoms with Crippen LogP contribution in [-0.2, 0) is 17.8 Å². The molecular weight excluding hydrogens is 367 g/mol. The number of nitrogens with zero attached hydrogens (tertiary/aromatic N) is 4. The maximum absolute atomic E-state index is 13.3. The fourth-order valence-corrected chi connectivity index (χ4v) is 3.94. The van der Waals surface area contributed by atoms with Gasteiger partial charge in [-0.2, -0.15) is 5.10 Å². The highest BCUT2D eigenvalue weighted by molar-refractivity contribution is 5.37. The number of ether oxygens (including phenoxy) is 1. The molecule has 1 aromatic carbocycles.